The van der Waals surface area contributed by atoms with Crippen molar-refractivity contribution in [3.63, 3.8) is 0 Å². The van der Waals surface area contributed by atoms with E-state index in [1.165, 1.54) is 37.8 Å². The Kier molecular flexibility index (Phi) is 3.25. The summed E-state index contributed by atoms with van der Waals surface area (Å²) in [6.45, 7) is 11.9. The molecule has 1 aromatic carbocycles. The Labute approximate surface area is 124 Å². The van der Waals surface area contributed by atoms with Crippen molar-refractivity contribution in [2.24, 2.45) is 0 Å². The number of nitrogens with zero attached hydrogens (tertiary/aromatic N) is 1. The molecule has 1 aliphatic heterocycles. The van der Waals surface area contributed by atoms with Gasteiger partial charge in [0.05, 0.1) is 0 Å². The molecule has 0 radical (unpaired) electrons. The van der Waals surface area contributed by atoms with Crippen LogP contribution in [0.3, 0.4) is 0 Å². The molecule has 20 heavy (non-hydrogen) atoms. The summed E-state index contributed by atoms with van der Waals surface area (Å²) >= 11 is 0. The van der Waals surface area contributed by atoms with Gasteiger partial charge in [-0.05, 0) is 72.4 Å². The number of hydrogen-bond acceptors (Lipinski definition) is 1. The first-order valence-electron chi connectivity index (χ1n) is 8.15. The van der Waals surface area contributed by atoms with E-state index in [0.717, 1.165) is 6.54 Å². The summed E-state index contributed by atoms with van der Waals surface area (Å²) in [5, 5.41) is 0. The first kappa shape index (κ1) is 14.1. The molecule has 1 atom stereocenters. The Bertz CT molecular complexity index is 523. The summed E-state index contributed by atoms with van der Waals surface area (Å²) in [4.78, 5) is 2.51. The quantitative estimate of drug-likeness (QED) is 0.675. The molecular formula is C19H29N. The van der Waals surface area contributed by atoms with Crippen LogP contribution in [0.1, 0.15) is 69.2 Å². The van der Waals surface area contributed by atoms with Gasteiger partial charge in [0.1, 0.15) is 0 Å². The largest absolute Gasteiger partial charge is 0.302 e. The van der Waals surface area contributed by atoms with Gasteiger partial charge in [-0.25, -0.2) is 0 Å². The van der Waals surface area contributed by atoms with Crippen LogP contribution in [0, 0.1) is 0 Å². The van der Waals surface area contributed by atoms with Crippen molar-refractivity contribution in [2.45, 2.75) is 70.8 Å². The van der Waals surface area contributed by atoms with E-state index in [1.807, 2.05) is 0 Å². The van der Waals surface area contributed by atoms with Crippen LogP contribution in [0.4, 0.5) is 0 Å². The highest BCUT2D eigenvalue weighted by atomic mass is 15.1. The van der Waals surface area contributed by atoms with Crippen LogP contribution >= 0.6 is 0 Å². The zero-order valence-electron chi connectivity index (χ0n) is 13.8. The van der Waals surface area contributed by atoms with Crippen LogP contribution in [0.15, 0.2) is 12.1 Å². The predicted molar refractivity (Wildman–Crippen MR) is 86.4 cm³/mol. The lowest BCUT2D eigenvalue weighted by Gasteiger charge is -2.37. The molecular weight excluding hydrogens is 242 g/mol. The Morgan fingerprint density at radius 2 is 1.80 bits per heavy atom. The molecule has 3 rings (SSSR count). The molecule has 0 saturated carbocycles. The highest BCUT2D eigenvalue weighted by Gasteiger charge is 2.36. The Morgan fingerprint density at radius 1 is 1.10 bits per heavy atom. The first-order chi connectivity index (χ1) is 9.29. The average Bonchev–Trinajstić information content (AvgIpc) is 2.47. The third-order valence-corrected chi connectivity index (χ3v) is 5.43. The Balaban J connectivity index is 2.20. The molecule has 1 unspecified atom stereocenters. The smallest absolute Gasteiger partial charge is 0.0233 e. The van der Waals surface area contributed by atoms with Gasteiger partial charge >= 0.3 is 0 Å². The van der Waals surface area contributed by atoms with Crippen molar-refractivity contribution >= 4 is 0 Å². The molecule has 2 aliphatic rings. The molecule has 1 aromatic rings. The van der Waals surface area contributed by atoms with Crippen molar-refractivity contribution in [1.82, 2.24) is 4.90 Å². The minimum absolute atomic E-state index is 0.254. The summed E-state index contributed by atoms with van der Waals surface area (Å²) < 4.78 is 0. The van der Waals surface area contributed by atoms with Crippen molar-refractivity contribution in [3.05, 3.63) is 34.4 Å². The fraction of sp³-hybridized carbons (Fsp3) is 0.684. The number of hydrogen-bond donors (Lipinski definition) is 0. The molecule has 1 heteroatoms. The third-order valence-electron chi connectivity index (χ3n) is 5.43. The molecule has 0 fully saturated rings. The fourth-order valence-corrected chi connectivity index (χ4v) is 4.15. The van der Waals surface area contributed by atoms with Gasteiger partial charge in [-0.2, -0.15) is 0 Å². The maximum Gasteiger partial charge on any atom is 0.0233 e. The van der Waals surface area contributed by atoms with Crippen LogP contribution in [-0.2, 0) is 23.8 Å². The molecule has 0 saturated heterocycles. The number of benzene rings is 1. The maximum absolute atomic E-state index is 2.52. The molecule has 0 bridgehead atoms. The second-order valence-corrected chi connectivity index (χ2v) is 8.32. The van der Waals surface area contributed by atoms with Crippen LogP contribution in [-0.4, -0.2) is 18.5 Å². The molecule has 0 N–H and O–H groups in total. The van der Waals surface area contributed by atoms with E-state index in [9.17, 15) is 0 Å². The van der Waals surface area contributed by atoms with Gasteiger partial charge in [-0.1, -0.05) is 39.8 Å². The monoisotopic (exact) mass is 271 g/mol. The lowest BCUT2D eigenvalue weighted by molar-refractivity contribution is 0.287. The maximum atomic E-state index is 2.52. The Morgan fingerprint density at radius 3 is 2.50 bits per heavy atom. The molecule has 1 nitrogen and oxygen atoms in total. The summed E-state index contributed by atoms with van der Waals surface area (Å²) in [5.74, 6) is 0. The summed E-state index contributed by atoms with van der Waals surface area (Å²) in [6.07, 6.45) is 5.33. The van der Waals surface area contributed by atoms with Gasteiger partial charge in [0, 0.05) is 6.54 Å². The van der Waals surface area contributed by atoms with Crippen LogP contribution in [0.2, 0.25) is 0 Å². The SMILES string of the molecule is CN1CCC2(C)CCCc3cc(C(C)(C)C)cc(c32)C1. The summed E-state index contributed by atoms with van der Waals surface area (Å²) in [6, 6.07) is 5.02. The first-order valence-corrected chi connectivity index (χ1v) is 8.15. The fourth-order valence-electron chi connectivity index (χ4n) is 4.15. The second-order valence-electron chi connectivity index (χ2n) is 8.32. The van der Waals surface area contributed by atoms with Gasteiger partial charge in [0.25, 0.3) is 0 Å². The van der Waals surface area contributed by atoms with Gasteiger partial charge in [-0.15, -0.1) is 0 Å². The molecule has 0 spiro atoms. The standard InChI is InChI=1S/C19H29N/c1-18(2,3)16-11-14-7-6-8-19(4)9-10-20(5)13-15(12-16)17(14)19/h11-12H,6-10,13H2,1-5H3. The second kappa shape index (κ2) is 4.59. The zero-order chi connectivity index (χ0) is 14.5. The van der Waals surface area contributed by atoms with E-state index in [2.05, 4.69) is 51.8 Å². The van der Waals surface area contributed by atoms with E-state index in [4.69, 9.17) is 0 Å². The number of rotatable bonds is 0. The van der Waals surface area contributed by atoms with Gasteiger partial charge in [0.2, 0.25) is 0 Å². The number of aryl methyl sites for hydroxylation is 1. The minimum Gasteiger partial charge on any atom is -0.302 e. The summed E-state index contributed by atoms with van der Waals surface area (Å²) in [7, 11) is 2.27. The van der Waals surface area contributed by atoms with Gasteiger partial charge in [0.15, 0.2) is 0 Å². The minimum atomic E-state index is 0.254. The highest BCUT2D eigenvalue weighted by Crippen LogP contribution is 2.45. The predicted octanol–water partition coefficient (Wildman–Crippen LogP) is 4.41. The van der Waals surface area contributed by atoms with E-state index in [1.54, 1.807) is 16.7 Å². The molecule has 0 aromatic heterocycles. The van der Waals surface area contributed by atoms with Crippen molar-refractivity contribution in [1.29, 1.82) is 0 Å². The molecule has 1 aliphatic carbocycles. The van der Waals surface area contributed by atoms with Crippen molar-refractivity contribution < 1.29 is 0 Å². The third kappa shape index (κ3) is 2.30. The molecule has 0 amide bonds. The van der Waals surface area contributed by atoms with E-state index in [-0.39, 0.29) is 5.41 Å². The van der Waals surface area contributed by atoms with Crippen LogP contribution in [0.5, 0.6) is 0 Å². The highest BCUT2D eigenvalue weighted by molar-refractivity contribution is 5.47. The lowest BCUT2D eigenvalue weighted by Crippen LogP contribution is -2.30. The van der Waals surface area contributed by atoms with Crippen molar-refractivity contribution in [3.8, 4) is 0 Å². The van der Waals surface area contributed by atoms with Crippen LogP contribution < -0.4 is 0 Å². The lowest BCUT2D eigenvalue weighted by atomic mass is 9.67. The van der Waals surface area contributed by atoms with E-state index < -0.39 is 0 Å². The molecule has 1 heterocycles. The van der Waals surface area contributed by atoms with E-state index in [0.29, 0.717) is 5.41 Å². The zero-order valence-corrected chi connectivity index (χ0v) is 13.8. The normalized spacial score (nSPS) is 27.1. The average molecular weight is 271 g/mol. The van der Waals surface area contributed by atoms with E-state index >= 15 is 0 Å². The van der Waals surface area contributed by atoms with Crippen molar-refractivity contribution in [2.75, 3.05) is 13.6 Å². The van der Waals surface area contributed by atoms with Crippen LogP contribution in [0.25, 0.3) is 0 Å². The van der Waals surface area contributed by atoms with Gasteiger partial charge in [-0.3, -0.25) is 0 Å². The topological polar surface area (TPSA) is 3.24 Å². The van der Waals surface area contributed by atoms with Gasteiger partial charge < -0.3 is 4.90 Å². The molecule has 110 valence electrons. The summed E-state index contributed by atoms with van der Waals surface area (Å²) in [5.41, 5.74) is 7.16. The Hall–Kier alpha value is -0.820.